The van der Waals surface area contributed by atoms with Gasteiger partial charge in [-0.05, 0) is 55.8 Å². The van der Waals surface area contributed by atoms with Gasteiger partial charge >= 0.3 is 0 Å². The molecule has 3 fully saturated rings. The summed E-state index contributed by atoms with van der Waals surface area (Å²) < 4.78 is 37.7. The minimum absolute atomic E-state index is 0.0254. The molecule has 11 heteroatoms. The highest BCUT2D eigenvalue weighted by atomic mass is 35.5. The van der Waals surface area contributed by atoms with Gasteiger partial charge in [-0.15, -0.1) is 0 Å². The Morgan fingerprint density at radius 3 is 2.57 bits per heavy atom. The molecule has 2 aromatic carbocycles. The van der Waals surface area contributed by atoms with Gasteiger partial charge in [-0.3, -0.25) is 9.69 Å². The maximum absolute atomic E-state index is 17.1. The van der Waals surface area contributed by atoms with Crippen LogP contribution in [0.25, 0.3) is 16.3 Å². The summed E-state index contributed by atoms with van der Waals surface area (Å²) in [6.07, 6.45) is 7.80. The zero-order valence-electron chi connectivity index (χ0n) is 27.2. The van der Waals surface area contributed by atoms with E-state index in [0.717, 1.165) is 49.5 Å². The Balaban J connectivity index is 1.32. The number of nitrogens with zero attached hydrogens (tertiary/aromatic N) is 6. The summed E-state index contributed by atoms with van der Waals surface area (Å²) in [5, 5.41) is 21.9. The second kappa shape index (κ2) is 13.4. The van der Waals surface area contributed by atoms with Gasteiger partial charge < -0.3 is 14.5 Å². The number of allylic oxidation sites excluding steroid dienone is 2. The minimum Gasteiger partial charge on any atom is -0.476 e. The number of hydrogen-bond donors (Lipinski definition) is 0. The number of carbonyl (C=O) groups excluding carboxylic acids is 1. The van der Waals surface area contributed by atoms with Gasteiger partial charge in [0.25, 0.3) is 5.91 Å². The lowest BCUT2D eigenvalue weighted by atomic mass is 9.80. The lowest BCUT2D eigenvalue weighted by Crippen LogP contribution is -2.56. The van der Waals surface area contributed by atoms with Crippen LogP contribution in [-0.4, -0.2) is 83.5 Å². The standard InChI is InChI=1S/C38H37ClF2N6O2/c1-24(40)37(48)47-21-20-45(22-26(47)12-16-42)35-29-11-10-28(27-8-2-6-25-7-3-9-31(39)32(25)27)33(41)34(29)44-36(30(35)13-17-43)49-23-38-14-4-18-46(38)19-5-15-38/h2-3,6-11,26,29,34H,1,4-5,12-15,18-23H2/t26-,29?,34?/m0/s1. The predicted octanol–water partition coefficient (Wildman–Crippen LogP) is 6.86. The van der Waals surface area contributed by atoms with E-state index in [1.54, 1.807) is 12.1 Å². The van der Waals surface area contributed by atoms with Crippen LogP contribution in [0.15, 0.2) is 83.0 Å². The van der Waals surface area contributed by atoms with Crippen LogP contribution in [0.3, 0.4) is 0 Å². The average molecular weight is 683 g/mol. The zero-order chi connectivity index (χ0) is 34.3. The topological polar surface area (TPSA) is 96.0 Å². The van der Waals surface area contributed by atoms with Gasteiger partial charge in [-0.2, -0.15) is 10.5 Å². The number of hydrogen-bond acceptors (Lipinski definition) is 7. The van der Waals surface area contributed by atoms with Gasteiger partial charge in [0.1, 0.15) is 18.5 Å². The predicted molar refractivity (Wildman–Crippen MR) is 184 cm³/mol. The molecule has 0 bridgehead atoms. The highest BCUT2D eigenvalue weighted by Gasteiger charge is 2.47. The van der Waals surface area contributed by atoms with Crippen molar-refractivity contribution in [2.45, 2.75) is 56.1 Å². The van der Waals surface area contributed by atoms with E-state index in [9.17, 15) is 19.7 Å². The number of ether oxygens (including phenoxy) is 1. The molecule has 1 aliphatic carbocycles. The van der Waals surface area contributed by atoms with Crippen molar-refractivity contribution in [1.82, 2.24) is 14.7 Å². The van der Waals surface area contributed by atoms with Crippen molar-refractivity contribution in [3.05, 3.63) is 88.6 Å². The van der Waals surface area contributed by atoms with Crippen LogP contribution in [-0.2, 0) is 9.53 Å². The lowest BCUT2D eigenvalue weighted by molar-refractivity contribution is -0.133. The molecule has 3 saturated heterocycles. The van der Waals surface area contributed by atoms with E-state index < -0.39 is 35.6 Å². The molecule has 0 aromatic heterocycles. The Kier molecular flexibility index (Phi) is 9.04. The van der Waals surface area contributed by atoms with Crippen LogP contribution in [0.5, 0.6) is 0 Å². The first-order valence-electron chi connectivity index (χ1n) is 16.8. The number of dihydropyridines is 1. The first-order valence-corrected chi connectivity index (χ1v) is 17.2. The molecule has 2 unspecified atom stereocenters. The van der Waals surface area contributed by atoms with Crippen molar-refractivity contribution in [2.24, 2.45) is 10.9 Å². The van der Waals surface area contributed by atoms with Crippen LogP contribution in [0.1, 0.15) is 44.1 Å². The summed E-state index contributed by atoms with van der Waals surface area (Å²) in [6, 6.07) is 14.0. The van der Waals surface area contributed by atoms with E-state index in [1.165, 1.54) is 4.90 Å². The number of benzene rings is 2. The summed E-state index contributed by atoms with van der Waals surface area (Å²) in [5.74, 6) is -2.71. The highest BCUT2D eigenvalue weighted by Crippen LogP contribution is 2.45. The molecule has 0 saturated carbocycles. The van der Waals surface area contributed by atoms with Crippen LogP contribution in [0.2, 0.25) is 5.02 Å². The Bertz CT molecular complexity index is 1910. The van der Waals surface area contributed by atoms with Gasteiger partial charge in [0, 0.05) is 52.8 Å². The average Bonchev–Trinajstić information content (AvgIpc) is 3.68. The molecule has 7 rings (SSSR count). The molecule has 5 aliphatic rings. The number of amides is 1. The second-order valence-electron chi connectivity index (χ2n) is 13.4. The number of carbonyl (C=O) groups is 1. The maximum atomic E-state index is 17.1. The maximum Gasteiger partial charge on any atom is 0.282 e. The number of halogens is 3. The normalized spacial score (nSPS) is 24.8. The summed E-state index contributed by atoms with van der Waals surface area (Å²) in [7, 11) is 0. The van der Waals surface area contributed by atoms with E-state index in [1.807, 2.05) is 41.3 Å². The molecule has 3 atom stereocenters. The van der Waals surface area contributed by atoms with Crippen molar-refractivity contribution in [3.63, 3.8) is 0 Å². The number of nitriles is 2. The molecule has 8 nitrogen and oxygen atoms in total. The van der Waals surface area contributed by atoms with Gasteiger partial charge in [-0.1, -0.05) is 60.7 Å². The molecule has 4 heterocycles. The molecule has 0 spiro atoms. The first kappa shape index (κ1) is 33.0. The van der Waals surface area contributed by atoms with Gasteiger partial charge in [-0.25, -0.2) is 13.8 Å². The van der Waals surface area contributed by atoms with E-state index in [2.05, 4.69) is 23.6 Å². The van der Waals surface area contributed by atoms with Crippen molar-refractivity contribution in [2.75, 3.05) is 39.3 Å². The van der Waals surface area contributed by atoms with Crippen LogP contribution in [0.4, 0.5) is 8.78 Å². The fourth-order valence-electron chi connectivity index (χ4n) is 8.54. The SMILES string of the molecule is C=C(F)C(=O)N1CCN(C2=C(CC#N)C(OCC34CCCN3CCC4)=NC3C(F)=C(c4cccc5cccc(Cl)c45)C=CC23)C[C@@H]1CC#N. The number of aliphatic imine (C=N–C) groups is 1. The quantitative estimate of drug-likeness (QED) is 0.296. The number of fused-ring (bicyclic) bond motifs is 3. The number of piperazine rings is 1. The molecule has 0 radical (unpaired) electrons. The smallest absolute Gasteiger partial charge is 0.282 e. The monoisotopic (exact) mass is 682 g/mol. The fourth-order valence-corrected chi connectivity index (χ4v) is 8.83. The molecule has 4 aliphatic heterocycles. The van der Waals surface area contributed by atoms with Crippen LogP contribution in [0, 0.1) is 28.6 Å². The van der Waals surface area contributed by atoms with Crippen LogP contribution >= 0.6 is 11.6 Å². The van der Waals surface area contributed by atoms with Crippen LogP contribution < -0.4 is 0 Å². The molecule has 252 valence electrons. The zero-order valence-corrected chi connectivity index (χ0v) is 27.9. The summed E-state index contributed by atoms with van der Waals surface area (Å²) >= 11 is 6.66. The van der Waals surface area contributed by atoms with E-state index in [0.29, 0.717) is 34.0 Å². The minimum atomic E-state index is -1.09. The van der Waals surface area contributed by atoms with Crippen molar-refractivity contribution in [1.29, 1.82) is 10.5 Å². The van der Waals surface area contributed by atoms with Gasteiger partial charge in [0.15, 0.2) is 5.83 Å². The first-order chi connectivity index (χ1) is 23.8. The third-order valence-corrected chi connectivity index (χ3v) is 11.1. The molecular weight excluding hydrogens is 646 g/mol. The molecular formula is C38H37ClF2N6O2. The summed E-state index contributed by atoms with van der Waals surface area (Å²) in [4.78, 5) is 23.5. The molecule has 1 amide bonds. The molecule has 2 aromatic rings. The van der Waals surface area contributed by atoms with E-state index in [-0.39, 0.29) is 43.9 Å². The third kappa shape index (κ3) is 5.81. The van der Waals surface area contributed by atoms with E-state index >= 15 is 4.39 Å². The van der Waals surface area contributed by atoms with Crippen molar-refractivity contribution < 1.29 is 18.3 Å². The Morgan fingerprint density at radius 1 is 1.10 bits per heavy atom. The molecule has 0 N–H and O–H groups in total. The lowest BCUT2D eigenvalue weighted by Gasteiger charge is -2.46. The Hall–Kier alpha value is -4.51. The van der Waals surface area contributed by atoms with Crippen molar-refractivity contribution in [3.8, 4) is 12.1 Å². The third-order valence-electron chi connectivity index (χ3n) is 10.8. The fraction of sp³-hybridized carbons (Fsp3) is 0.421. The highest BCUT2D eigenvalue weighted by molar-refractivity contribution is 6.36. The van der Waals surface area contributed by atoms with Gasteiger partial charge in [0.05, 0.1) is 36.6 Å². The molecule has 49 heavy (non-hydrogen) atoms. The second-order valence-corrected chi connectivity index (χ2v) is 13.8. The number of rotatable bonds is 7. The largest absolute Gasteiger partial charge is 0.476 e. The van der Waals surface area contributed by atoms with E-state index in [4.69, 9.17) is 21.3 Å². The van der Waals surface area contributed by atoms with Crippen molar-refractivity contribution >= 4 is 39.8 Å². The Labute approximate surface area is 289 Å². The summed E-state index contributed by atoms with van der Waals surface area (Å²) in [5.41, 5.74) is 2.17. The van der Waals surface area contributed by atoms with Gasteiger partial charge in [0.2, 0.25) is 5.90 Å². The summed E-state index contributed by atoms with van der Waals surface area (Å²) in [6.45, 7) is 6.19. The Morgan fingerprint density at radius 2 is 1.86 bits per heavy atom.